The van der Waals surface area contributed by atoms with Gasteiger partial charge in [0.25, 0.3) is 5.91 Å². The van der Waals surface area contributed by atoms with Crippen molar-refractivity contribution in [3.63, 3.8) is 0 Å². The number of nitrogens with zero attached hydrogens (tertiary/aromatic N) is 4. The molecule has 0 bridgehead atoms. The van der Waals surface area contributed by atoms with Crippen LogP contribution in [0.4, 0.5) is 0 Å². The Morgan fingerprint density at radius 2 is 1.93 bits per heavy atom. The fraction of sp³-hybridized carbons (Fsp3) is 0.619. The second kappa shape index (κ2) is 7.53. The zero-order valence-corrected chi connectivity index (χ0v) is 16.9. The summed E-state index contributed by atoms with van der Waals surface area (Å²) in [4.78, 5) is 32.0. The Bertz CT molecular complexity index is 892. The van der Waals surface area contributed by atoms with Gasteiger partial charge in [-0.25, -0.2) is 9.67 Å². The zero-order chi connectivity index (χ0) is 19.8. The van der Waals surface area contributed by atoms with Gasteiger partial charge in [0, 0.05) is 30.7 Å². The number of esters is 1. The molecular formula is C21H28N4O3. The van der Waals surface area contributed by atoms with E-state index in [-0.39, 0.29) is 23.8 Å². The molecule has 4 rings (SSSR count). The van der Waals surface area contributed by atoms with E-state index in [0.717, 1.165) is 29.6 Å². The zero-order valence-electron chi connectivity index (χ0n) is 16.9. The quantitative estimate of drug-likeness (QED) is 0.739. The molecule has 1 amide bonds. The Morgan fingerprint density at radius 3 is 2.54 bits per heavy atom. The van der Waals surface area contributed by atoms with E-state index >= 15 is 0 Å². The van der Waals surface area contributed by atoms with Crippen molar-refractivity contribution < 1.29 is 14.3 Å². The molecule has 2 aromatic heterocycles. The summed E-state index contributed by atoms with van der Waals surface area (Å²) in [6.45, 7) is 7.50. The minimum absolute atomic E-state index is 0.0138. The lowest BCUT2D eigenvalue weighted by Crippen LogP contribution is -2.40. The number of carbonyl (C=O) groups excluding carboxylic acids is 2. The molecule has 7 heteroatoms. The lowest BCUT2D eigenvalue weighted by Gasteiger charge is -2.31. The summed E-state index contributed by atoms with van der Waals surface area (Å²) in [5.41, 5.74) is 2.48. The van der Waals surface area contributed by atoms with Crippen LogP contribution in [0.3, 0.4) is 0 Å². The standard InChI is InChI=1S/C21H28N4O3/c1-4-28-21(27)15-7-9-24(10-8-15)20(26)16-11-18(14-5-6-14)23-19-17(16)12-22-25(19)13(2)3/h11-15H,4-10H2,1-3H3. The topological polar surface area (TPSA) is 77.3 Å². The van der Waals surface area contributed by atoms with Gasteiger partial charge >= 0.3 is 5.97 Å². The molecule has 0 unspecified atom stereocenters. The Balaban J connectivity index is 1.60. The van der Waals surface area contributed by atoms with Crippen LogP contribution in [0.15, 0.2) is 12.3 Å². The van der Waals surface area contributed by atoms with Crippen LogP contribution < -0.4 is 0 Å². The summed E-state index contributed by atoms with van der Waals surface area (Å²) >= 11 is 0. The minimum atomic E-state index is -0.143. The van der Waals surface area contributed by atoms with Gasteiger partial charge in [-0.05, 0) is 52.5 Å². The number of fused-ring (bicyclic) bond motifs is 1. The van der Waals surface area contributed by atoms with Crippen molar-refractivity contribution in [2.45, 2.75) is 58.4 Å². The van der Waals surface area contributed by atoms with E-state index in [0.29, 0.717) is 44.0 Å². The molecule has 2 fully saturated rings. The Hall–Kier alpha value is -2.44. The van der Waals surface area contributed by atoms with E-state index < -0.39 is 0 Å². The van der Waals surface area contributed by atoms with Gasteiger partial charge in [-0.15, -0.1) is 0 Å². The second-order valence-corrected chi connectivity index (χ2v) is 8.11. The maximum atomic E-state index is 13.3. The van der Waals surface area contributed by atoms with Crippen LogP contribution >= 0.6 is 0 Å². The first-order valence-corrected chi connectivity index (χ1v) is 10.3. The Kier molecular flexibility index (Phi) is 5.08. The number of ether oxygens (including phenoxy) is 1. The van der Waals surface area contributed by atoms with E-state index in [9.17, 15) is 9.59 Å². The van der Waals surface area contributed by atoms with Crippen molar-refractivity contribution in [1.29, 1.82) is 0 Å². The summed E-state index contributed by atoms with van der Waals surface area (Å²) in [5, 5.41) is 5.30. The summed E-state index contributed by atoms with van der Waals surface area (Å²) in [7, 11) is 0. The second-order valence-electron chi connectivity index (χ2n) is 8.11. The van der Waals surface area contributed by atoms with Gasteiger partial charge < -0.3 is 9.64 Å². The van der Waals surface area contributed by atoms with E-state index in [1.165, 1.54) is 0 Å². The molecule has 0 radical (unpaired) electrons. The maximum Gasteiger partial charge on any atom is 0.309 e. The molecular weight excluding hydrogens is 356 g/mol. The molecule has 3 heterocycles. The van der Waals surface area contributed by atoms with E-state index in [2.05, 4.69) is 18.9 Å². The molecule has 150 valence electrons. The average molecular weight is 384 g/mol. The number of piperidine rings is 1. The van der Waals surface area contributed by atoms with Crippen molar-refractivity contribution in [2.24, 2.45) is 5.92 Å². The molecule has 2 aromatic rings. The first-order chi connectivity index (χ1) is 13.5. The summed E-state index contributed by atoms with van der Waals surface area (Å²) in [5.74, 6) is 0.225. The Morgan fingerprint density at radius 1 is 1.21 bits per heavy atom. The number of pyridine rings is 1. The smallest absolute Gasteiger partial charge is 0.309 e. The number of aromatic nitrogens is 3. The van der Waals surface area contributed by atoms with Crippen LogP contribution in [0, 0.1) is 5.92 Å². The molecule has 0 aromatic carbocycles. The van der Waals surface area contributed by atoms with E-state index in [4.69, 9.17) is 9.72 Å². The van der Waals surface area contributed by atoms with Crippen molar-refractivity contribution in [3.05, 3.63) is 23.5 Å². The third-order valence-corrected chi connectivity index (χ3v) is 5.70. The molecule has 0 atom stereocenters. The van der Waals surface area contributed by atoms with Crippen LogP contribution in [0.5, 0.6) is 0 Å². The molecule has 0 spiro atoms. The molecule has 2 aliphatic rings. The SMILES string of the molecule is CCOC(=O)C1CCN(C(=O)c2cc(C3CC3)nc3c2cnn3C(C)C)CC1. The predicted octanol–water partition coefficient (Wildman–Crippen LogP) is 3.30. The molecule has 1 saturated heterocycles. The highest BCUT2D eigenvalue weighted by atomic mass is 16.5. The van der Waals surface area contributed by atoms with Crippen LogP contribution in [-0.2, 0) is 9.53 Å². The molecule has 7 nitrogen and oxygen atoms in total. The molecule has 0 N–H and O–H groups in total. The first-order valence-electron chi connectivity index (χ1n) is 10.3. The number of carbonyl (C=O) groups is 2. The molecule has 1 saturated carbocycles. The minimum Gasteiger partial charge on any atom is -0.466 e. The molecule has 28 heavy (non-hydrogen) atoms. The van der Waals surface area contributed by atoms with Crippen molar-refractivity contribution in [1.82, 2.24) is 19.7 Å². The Labute approximate surface area is 165 Å². The summed E-state index contributed by atoms with van der Waals surface area (Å²) in [6.07, 6.45) is 5.33. The van der Waals surface area contributed by atoms with Gasteiger partial charge in [-0.1, -0.05) is 0 Å². The number of amides is 1. The van der Waals surface area contributed by atoms with Gasteiger partial charge in [-0.2, -0.15) is 5.10 Å². The van der Waals surface area contributed by atoms with Gasteiger partial charge in [0.2, 0.25) is 0 Å². The van der Waals surface area contributed by atoms with Crippen LogP contribution in [0.1, 0.15) is 74.5 Å². The van der Waals surface area contributed by atoms with Crippen LogP contribution in [-0.4, -0.2) is 51.2 Å². The monoisotopic (exact) mass is 384 g/mol. The van der Waals surface area contributed by atoms with Crippen molar-refractivity contribution >= 4 is 22.9 Å². The predicted molar refractivity (Wildman–Crippen MR) is 105 cm³/mol. The molecule has 1 aliphatic heterocycles. The number of hydrogen-bond donors (Lipinski definition) is 0. The summed E-state index contributed by atoms with van der Waals surface area (Å²) in [6, 6.07) is 2.15. The lowest BCUT2D eigenvalue weighted by molar-refractivity contribution is -0.149. The van der Waals surface area contributed by atoms with Gasteiger partial charge in [0.15, 0.2) is 5.65 Å². The fourth-order valence-electron chi connectivity index (χ4n) is 3.93. The summed E-state index contributed by atoms with van der Waals surface area (Å²) < 4.78 is 7.03. The largest absolute Gasteiger partial charge is 0.466 e. The van der Waals surface area contributed by atoms with Crippen LogP contribution in [0.25, 0.3) is 11.0 Å². The lowest BCUT2D eigenvalue weighted by atomic mass is 9.96. The number of hydrogen-bond acceptors (Lipinski definition) is 5. The number of rotatable bonds is 5. The van der Waals surface area contributed by atoms with E-state index in [1.807, 2.05) is 22.6 Å². The first kappa shape index (κ1) is 18.9. The highest BCUT2D eigenvalue weighted by Crippen LogP contribution is 2.40. The third kappa shape index (κ3) is 3.50. The highest BCUT2D eigenvalue weighted by Gasteiger charge is 2.32. The van der Waals surface area contributed by atoms with Crippen molar-refractivity contribution in [3.8, 4) is 0 Å². The third-order valence-electron chi connectivity index (χ3n) is 5.70. The van der Waals surface area contributed by atoms with Gasteiger partial charge in [-0.3, -0.25) is 9.59 Å². The number of likely N-dealkylation sites (tertiary alicyclic amines) is 1. The van der Waals surface area contributed by atoms with Gasteiger partial charge in [0.05, 0.1) is 29.7 Å². The van der Waals surface area contributed by atoms with Gasteiger partial charge in [0.1, 0.15) is 0 Å². The van der Waals surface area contributed by atoms with Crippen LogP contribution in [0.2, 0.25) is 0 Å². The van der Waals surface area contributed by atoms with Crippen molar-refractivity contribution in [2.75, 3.05) is 19.7 Å². The normalized spacial score (nSPS) is 18.1. The highest BCUT2D eigenvalue weighted by molar-refractivity contribution is 6.05. The molecule has 1 aliphatic carbocycles. The maximum absolute atomic E-state index is 13.3. The average Bonchev–Trinajstić information content (AvgIpc) is 3.45. The fourth-order valence-corrected chi connectivity index (χ4v) is 3.93. The van der Waals surface area contributed by atoms with E-state index in [1.54, 1.807) is 6.20 Å².